The zero-order valence-electron chi connectivity index (χ0n) is 18.9. The Kier molecular flexibility index (Phi) is 7.01. The number of nitrogens with one attached hydrogen (secondary N) is 1. The number of carbonyl (C=O) groups is 1. The Morgan fingerprint density at radius 3 is 2.71 bits per heavy atom. The van der Waals surface area contributed by atoms with Crippen LogP contribution in [-0.4, -0.2) is 60.5 Å². The molecule has 3 N–H and O–H groups in total. The van der Waals surface area contributed by atoms with Crippen molar-refractivity contribution in [1.82, 2.24) is 15.2 Å². The highest BCUT2D eigenvalue weighted by atomic mass is 32.2. The van der Waals surface area contributed by atoms with Gasteiger partial charge in [-0.1, -0.05) is 23.4 Å². The number of thioether (sulfide) groups is 1. The summed E-state index contributed by atoms with van der Waals surface area (Å²) in [6.07, 6.45) is 6.03. The molecule has 4 rings (SSSR count). The quantitative estimate of drug-likeness (QED) is 0.422. The van der Waals surface area contributed by atoms with Crippen molar-refractivity contribution < 1.29 is 18.0 Å². The van der Waals surface area contributed by atoms with Gasteiger partial charge in [-0.15, -0.1) is 23.1 Å². The van der Waals surface area contributed by atoms with Crippen LogP contribution in [0.3, 0.4) is 0 Å². The minimum atomic E-state index is -3.21. The Bertz CT molecular complexity index is 1280. The van der Waals surface area contributed by atoms with E-state index in [0.29, 0.717) is 15.7 Å². The molecule has 180 valence electrons. The molecule has 0 spiro atoms. The lowest BCUT2D eigenvalue weighted by molar-refractivity contribution is -0.116. The van der Waals surface area contributed by atoms with Crippen LogP contribution in [0.25, 0.3) is 0 Å². The number of anilines is 1. The number of hydrogen-bond donors (Lipinski definition) is 2. The van der Waals surface area contributed by atoms with Crippen LogP contribution in [-0.2, 0) is 25.9 Å². The normalized spacial score (nSPS) is 21.5. The fourth-order valence-electron chi connectivity index (χ4n) is 3.87. The Morgan fingerprint density at radius 1 is 1.38 bits per heavy atom. The largest absolute Gasteiger partial charge is 0.398 e. The molecule has 1 saturated heterocycles. The van der Waals surface area contributed by atoms with Crippen molar-refractivity contribution in [1.29, 1.82) is 0 Å². The molecule has 2 aliphatic heterocycles. The zero-order valence-corrected chi connectivity index (χ0v) is 21.3. The third-order valence-corrected chi connectivity index (χ3v) is 8.65. The maximum Gasteiger partial charge on any atom is 0.276 e. The number of fused-ring (bicyclic) bond motifs is 1. The lowest BCUT2D eigenvalue weighted by Gasteiger charge is -2.52. The number of carbonyl (C=O) groups excluding carboxylic acids is 1. The van der Waals surface area contributed by atoms with Gasteiger partial charge in [0, 0.05) is 29.3 Å². The van der Waals surface area contributed by atoms with E-state index in [-0.39, 0.29) is 23.0 Å². The molecule has 2 atom stereocenters. The van der Waals surface area contributed by atoms with Crippen molar-refractivity contribution in [3.8, 4) is 0 Å². The number of nitrogen functional groups attached to an aromatic ring is 1. The van der Waals surface area contributed by atoms with E-state index >= 15 is 0 Å². The monoisotopic (exact) mass is 519 g/mol. The number of amides is 1. The molecule has 1 fully saturated rings. The molecule has 9 nitrogen and oxygen atoms in total. The average Bonchev–Trinajstić information content (AvgIpc) is 3.22. The SMILES string of the molecule is CC=C1C(NC(=O)C(=NOC)c2csc(N)n2)C2SCC(Cc3ccc(S(C)(=O)=O)cc3)=CN12. The third kappa shape index (κ3) is 4.98. The number of oxime groups is 1. The lowest BCUT2D eigenvalue weighted by atomic mass is 10.00. The highest BCUT2D eigenvalue weighted by Crippen LogP contribution is 2.42. The van der Waals surface area contributed by atoms with Crippen LogP contribution >= 0.6 is 23.1 Å². The van der Waals surface area contributed by atoms with Gasteiger partial charge >= 0.3 is 0 Å². The van der Waals surface area contributed by atoms with Gasteiger partial charge in [-0.3, -0.25) is 4.79 Å². The maximum atomic E-state index is 13.0. The number of allylic oxidation sites excluding steroid dienone is 1. The minimum absolute atomic E-state index is 0.0656. The number of thiazole rings is 1. The predicted molar refractivity (Wildman–Crippen MR) is 135 cm³/mol. The summed E-state index contributed by atoms with van der Waals surface area (Å²) in [5, 5.41) is 8.99. The van der Waals surface area contributed by atoms with E-state index in [1.54, 1.807) is 29.3 Å². The maximum absolute atomic E-state index is 13.0. The van der Waals surface area contributed by atoms with E-state index in [0.717, 1.165) is 23.4 Å². The highest BCUT2D eigenvalue weighted by Gasteiger charge is 2.45. The number of hydrogen-bond acceptors (Lipinski definition) is 10. The molecule has 0 bridgehead atoms. The topological polar surface area (TPSA) is 127 Å². The van der Waals surface area contributed by atoms with E-state index in [9.17, 15) is 13.2 Å². The van der Waals surface area contributed by atoms with Gasteiger partial charge in [-0.2, -0.15) is 0 Å². The first kappa shape index (κ1) is 24.3. The summed E-state index contributed by atoms with van der Waals surface area (Å²) < 4.78 is 23.4. The fraction of sp³-hybridized carbons (Fsp3) is 0.318. The molecule has 12 heteroatoms. The Balaban J connectivity index is 1.45. The number of benzene rings is 1. The second-order valence-electron chi connectivity index (χ2n) is 7.85. The van der Waals surface area contributed by atoms with E-state index in [2.05, 4.69) is 26.6 Å². The van der Waals surface area contributed by atoms with Crippen LogP contribution in [0, 0.1) is 0 Å². The summed E-state index contributed by atoms with van der Waals surface area (Å²) in [6.45, 7) is 1.94. The molecule has 0 aliphatic carbocycles. The van der Waals surface area contributed by atoms with Crippen LogP contribution in [0.5, 0.6) is 0 Å². The van der Waals surface area contributed by atoms with E-state index in [1.807, 2.05) is 25.1 Å². The summed E-state index contributed by atoms with van der Waals surface area (Å²) in [7, 11) is -1.83. The standard InChI is InChI=1S/C22H25N5O4S3/c1-4-17-19(25-20(28)18(26-31-2)16-12-33-22(23)24-16)21-27(17)10-14(11-32-21)9-13-5-7-15(8-6-13)34(3,29)30/h4-8,10,12,19,21H,9,11H2,1-3H3,(H2,23,24)(H,25,28). The van der Waals surface area contributed by atoms with Crippen LogP contribution in [0.15, 0.2) is 63.2 Å². The van der Waals surface area contributed by atoms with Crippen molar-refractivity contribution in [2.24, 2.45) is 5.16 Å². The number of rotatable bonds is 7. The van der Waals surface area contributed by atoms with Gasteiger partial charge in [0.1, 0.15) is 18.2 Å². The number of sulfone groups is 1. The minimum Gasteiger partial charge on any atom is -0.398 e. The van der Waals surface area contributed by atoms with Crippen LogP contribution in [0.2, 0.25) is 0 Å². The van der Waals surface area contributed by atoms with Gasteiger partial charge in [0.05, 0.1) is 10.9 Å². The molecular weight excluding hydrogens is 494 g/mol. The summed E-state index contributed by atoms with van der Waals surface area (Å²) in [5.74, 6) is 0.428. The van der Waals surface area contributed by atoms with Crippen LogP contribution < -0.4 is 11.1 Å². The van der Waals surface area contributed by atoms with Gasteiger partial charge in [-0.05, 0) is 36.6 Å². The average molecular weight is 520 g/mol. The molecule has 2 unspecified atom stereocenters. The predicted octanol–water partition coefficient (Wildman–Crippen LogP) is 2.38. The molecule has 2 aromatic rings. The molecule has 2 aliphatic rings. The summed E-state index contributed by atoms with van der Waals surface area (Å²) in [4.78, 5) is 24.5. The lowest BCUT2D eigenvalue weighted by Crippen LogP contribution is -2.63. The first-order chi connectivity index (χ1) is 16.2. The number of aromatic nitrogens is 1. The zero-order chi connectivity index (χ0) is 24.5. The summed E-state index contributed by atoms with van der Waals surface area (Å²) in [5.41, 5.74) is 9.42. The second kappa shape index (κ2) is 9.80. The van der Waals surface area contributed by atoms with Crippen molar-refractivity contribution in [3.05, 3.63) is 64.4 Å². The van der Waals surface area contributed by atoms with Gasteiger partial charge < -0.3 is 20.8 Å². The van der Waals surface area contributed by atoms with Crippen molar-refractivity contribution in [2.75, 3.05) is 24.9 Å². The molecule has 34 heavy (non-hydrogen) atoms. The van der Waals surface area contributed by atoms with Gasteiger partial charge in [0.15, 0.2) is 20.7 Å². The fourth-order valence-corrected chi connectivity index (χ4v) is 6.35. The van der Waals surface area contributed by atoms with E-state index in [1.165, 1.54) is 30.3 Å². The first-order valence-electron chi connectivity index (χ1n) is 10.4. The van der Waals surface area contributed by atoms with E-state index in [4.69, 9.17) is 10.6 Å². The Morgan fingerprint density at radius 2 is 2.12 bits per heavy atom. The van der Waals surface area contributed by atoms with Gasteiger partial charge in [0.25, 0.3) is 5.91 Å². The third-order valence-electron chi connectivity index (χ3n) is 5.46. The van der Waals surface area contributed by atoms with Crippen LogP contribution in [0.4, 0.5) is 5.13 Å². The smallest absolute Gasteiger partial charge is 0.276 e. The molecule has 0 radical (unpaired) electrons. The van der Waals surface area contributed by atoms with Crippen LogP contribution in [0.1, 0.15) is 18.2 Å². The van der Waals surface area contributed by atoms with Gasteiger partial charge in [-0.25, -0.2) is 13.4 Å². The number of nitrogens with zero attached hydrogens (tertiary/aromatic N) is 3. The molecule has 1 aromatic heterocycles. The van der Waals surface area contributed by atoms with E-state index < -0.39 is 9.84 Å². The Hall–Kier alpha value is -2.83. The van der Waals surface area contributed by atoms with Crippen molar-refractivity contribution >= 4 is 49.7 Å². The number of nitrogens with two attached hydrogens (primary N) is 1. The summed E-state index contributed by atoms with van der Waals surface area (Å²) >= 11 is 2.97. The van der Waals surface area contributed by atoms with Gasteiger partial charge in [0.2, 0.25) is 0 Å². The molecule has 1 aromatic carbocycles. The van der Waals surface area contributed by atoms with Crippen molar-refractivity contribution in [2.45, 2.75) is 29.7 Å². The summed E-state index contributed by atoms with van der Waals surface area (Å²) in [6, 6.07) is 6.82. The molecule has 0 saturated carbocycles. The van der Waals surface area contributed by atoms with Crippen molar-refractivity contribution in [3.63, 3.8) is 0 Å². The second-order valence-corrected chi connectivity index (χ2v) is 11.9. The molecule has 1 amide bonds. The Labute approximate surface area is 206 Å². The highest BCUT2D eigenvalue weighted by molar-refractivity contribution is 8.00. The molecule has 3 heterocycles. The molecular formula is C22H25N5O4S3. The first-order valence-corrected chi connectivity index (χ1v) is 14.2.